The molecule has 422 valence electrons. The number of ether oxygens (including phenoxy) is 3. The van der Waals surface area contributed by atoms with Crippen molar-refractivity contribution in [3.63, 3.8) is 0 Å². The molecule has 0 aromatic rings. The first-order valence-corrected chi connectivity index (χ1v) is 29.8. The van der Waals surface area contributed by atoms with Crippen LogP contribution in [0.15, 0.2) is 182 Å². The molecular formula is C70H106O6. The van der Waals surface area contributed by atoms with Gasteiger partial charge in [-0.05, 0) is 148 Å². The predicted molar refractivity (Wildman–Crippen MR) is 329 cm³/mol. The van der Waals surface area contributed by atoms with Gasteiger partial charge in [0.1, 0.15) is 13.2 Å². The first-order chi connectivity index (χ1) is 37.5. The van der Waals surface area contributed by atoms with Crippen molar-refractivity contribution in [2.45, 2.75) is 226 Å². The smallest absolute Gasteiger partial charge is 0.306 e. The average Bonchev–Trinajstić information content (AvgIpc) is 3.42. The van der Waals surface area contributed by atoms with Crippen molar-refractivity contribution >= 4 is 17.9 Å². The summed E-state index contributed by atoms with van der Waals surface area (Å²) in [5, 5.41) is 0. The number of hydrogen-bond donors (Lipinski definition) is 0. The van der Waals surface area contributed by atoms with Gasteiger partial charge in [-0.3, -0.25) is 14.4 Å². The van der Waals surface area contributed by atoms with E-state index in [4.69, 9.17) is 14.2 Å². The molecule has 0 bridgehead atoms. The van der Waals surface area contributed by atoms with Gasteiger partial charge in [0.15, 0.2) is 6.10 Å². The highest BCUT2D eigenvalue weighted by Crippen LogP contribution is 2.11. The molecule has 0 aromatic heterocycles. The maximum absolute atomic E-state index is 12.8. The number of carbonyl (C=O) groups excluding carboxylic acids is 3. The van der Waals surface area contributed by atoms with Crippen molar-refractivity contribution in [1.29, 1.82) is 0 Å². The molecule has 0 spiro atoms. The van der Waals surface area contributed by atoms with Gasteiger partial charge < -0.3 is 14.2 Å². The van der Waals surface area contributed by atoms with Gasteiger partial charge in [-0.2, -0.15) is 0 Å². The molecule has 0 heterocycles. The molecule has 0 aromatic carbocycles. The zero-order chi connectivity index (χ0) is 55.0. The molecule has 76 heavy (non-hydrogen) atoms. The lowest BCUT2D eigenvalue weighted by molar-refractivity contribution is -0.166. The third kappa shape index (κ3) is 59.4. The maximum atomic E-state index is 12.8. The normalized spacial score (nSPS) is 13.5. The van der Waals surface area contributed by atoms with Gasteiger partial charge in [0.2, 0.25) is 0 Å². The van der Waals surface area contributed by atoms with Crippen molar-refractivity contribution in [2.24, 2.45) is 0 Å². The Morgan fingerprint density at radius 3 is 0.895 bits per heavy atom. The van der Waals surface area contributed by atoms with Crippen LogP contribution in [0.2, 0.25) is 0 Å². The molecule has 0 N–H and O–H groups in total. The summed E-state index contributed by atoms with van der Waals surface area (Å²) in [5.74, 6) is -1.08. The Bertz CT molecular complexity index is 1820. The fourth-order valence-corrected chi connectivity index (χ4v) is 7.24. The lowest BCUT2D eigenvalue weighted by Crippen LogP contribution is -2.30. The van der Waals surface area contributed by atoms with E-state index in [1.807, 2.05) is 12.2 Å². The number of unbranched alkanes of at least 4 members (excludes halogenated alkanes) is 10. The number of hydrogen-bond acceptors (Lipinski definition) is 6. The molecule has 0 aliphatic rings. The standard InChI is InChI=1S/C70H106O6/c1-4-7-10-13-16-19-22-25-26-27-28-29-30-31-32-33-34-35-36-37-38-39-40-41-42-43-44-46-48-51-54-57-60-63-69(72)75-66-67(65-74-68(71)62-59-56-53-50-47-24-21-18-15-12-9-6-3)76-70(73)64-61-58-55-52-49-45-23-20-17-14-11-8-5-2/h7-8,10-11,16-21,25-26,28-29,31-32,34-35,37-38,40-41,43-45,48-49,51,55,58,67H,4-6,9,12-15,22-24,27,30,33,36,39,42,46-47,50,52-54,56-57,59-66H2,1-3H3/b10-7-,11-8-,19-16-,20-17-,21-18-,26-25-,29-28-,32-31-,35-34-,38-37-,41-40-,44-43-,49-45-,51-48-,58-55-. The van der Waals surface area contributed by atoms with Gasteiger partial charge in [-0.15, -0.1) is 0 Å². The molecule has 0 rings (SSSR count). The number of esters is 3. The summed E-state index contributed by atoms with van der Waals surface area (Å²) in [7, 11) is 0. The van der Waals surface area contributed by atoms with E-state index in [-0.39, 0.29) is 38.0 Å². The van der Waals surface area contributed by atoms with Crippen LogP contribution in [0.25, 0.3) is 0 Å². The van der Waals surface area contributed by atoms with Crippen LogP contribution in [0.1, 0.15) is 220 Å². The molecule has 0 aliphatic heterocycles. The summed E-state index contributed by atoms with van der Waals surface area (Å²) < 4.78 is 16.7. The fraction of sp³-hybridized carbons (Fsp3) is 0.529. The second-order valence-corrected chi connectivity index (χ2v) is 18.8. The van der Waals surface area contributed by atoms with Crippen LogP contribution in [0, 0.1) is 0 Å². The van der Waals surface area contributed by atoms with E-state index < -0.39 is 12.1 Å². The summed E-state index contributed by atoms with van der Waals surface area (Å²) in [4.78, 5) is 38.0. The molecular weight excluding hydrogens is 937 g/mol. The van der Waals surface area contributed by atoms with Gasteiger partial charge in [0.25, 0.3) is 0 Å². The van der Waals surface area contributed by atoms with E-state index in [1.54, 1.807) is 0 Å². The van der Waals surface area contributed by atoms with E-state index in [9.17, 15) is 14.4 Å². The van der Waals surface area contributed by atoms with Gasteiger partial charge in [0.05, 0.1) is 0 Å². The van der Waals surface area contributed by atoms with Crippen LogP contribution in [-0.4, -0.2) is 37.2 Å². The molecule has 0 fully saturated rings. The van der Waals surface area contributed by atoms with E-state index in [0.29, 0.717) is 19.3 Å². The first-order valence-electron chi connectivity index (χ1n) is 29.8. The van der Waals surface area contributed by atoms with E-state index in [2.05, 4.69) is 191 Å². The SMILES string of the molecule is CC/C=C\C/C=C\C/C=C\C/C=C\C/C=C\C/C=C\C/C=C\C/C=C\C/C=C\C/C=C\CCCCC(=O)OCC(COC(=O)CCCCCCC/C=C\CCCCC)OC(=O)CC/C=C\C/C=C\C/C=C\C/C=C\CC. The minimum atomic E-state index is -0.846. The zero-order valence-electron chi connectivity index (χ0n) is 48.2. The monoisotopic (exact) mass is 1040 g/mol. The van der Waals surface area contributed by atoms with Crippen molar-refractivity contribution in [3.05, 3.63) is 182 Å². The van der Waals surface area contributed by atoms with Crippen LogP contribution >= 0.6 is 0 Å². The number of carbonyl (C=O) groups is 3. The Balaban J connectivity index is 4.41. The van der Waals surface area contributed by atoms with Crippen molar-refractivity contribution < 1.29 is 28.6 Å². The van der Waals surface area contributed by atoms with E-state index >= 15 is 0 Å². The largest absolute Gasteiger partial charge is 0.462 e. The first kappa shape index (κ1) is 70.5. The maximum Gasteiger partial charge on any atom is 0.306 e. The highest BCUT2D eigenvalue weighted by Gasteiger charge is 2.19. The minimum absolute atomic E-state index is 0.133. The van der Waals surface area contributed by atoms with E-state index in [1.165, 1.54) is 32.1 Å². The second-order valence-electron chi connectivity index (χ2n) is 18.8. The summed E-state index contributed by atoms with van der Waals surface area (Å²) in [5.41, 5.74) is 0. The fourth-order valence-electron chi connectivity index (χ4n) is 7.24. The van der Waals surface area contributed by atoms with E-state index in [0.717, 1.165) is 135 Å². The number of rotatable bonds is 51. The Kier molecular flexibility index (Phi) is 57.6. The lowest BCUT2D eigenvalue weighted by Gasteiger charge is -2.18. The third-order valence-electron chi connectivity index (χ3n) is 11.6. The van der Waals surface area contributed by atoms with Crippen LogP contribution in [-0.2, 0) is 28.6 Å². The van der Waals surface area contributed by atoms with Crippen LogP contribution in [0.4, 0.5) is 0 Å². The Hall–Kier alpha value is -5.49. The Morgan fingerprint density at radius 1 is 0.276 bits per heavy atom. The molecule has 0 saturated heterocycles. The van der Waals surface area contributed by atoms with Crippen molar-refractivity contribution in [1.82, 2.24) is 0 Å². The second kappa shape index (κ2) is 62.1. The summed E-state index contributed by atoms with van der Waals surface area (Å²) in [6.45, 7) is 6.25. The van der Waals surface area contributed by atoms with Crippen LogP contribution < -0.4 is 0 Å². The number of allylic oxidation sites excluding steroid dienone is 30. The predicted octanol–water partition coefficient (Wildman–Crippen LogP) is 20.5. The van der Waals surface area contributed by atoms with Crippen LogP contribution in [0.3, 0.4) is 0 Å². The Morgan fingerprint density at radius 2 is 0.539 bits per heavy atom. The summed E-state index contributed by atoms with van der Waals surface area (Å²) in [6.07, 6.45) is 93.4. The van der Waals surface area contributed by atoms with Gasteiger partial charge in [-0.25, -0.2) is 0 Å². The molecule has 0 aliphatic carbocycles. The van der Waals surface area contributed by atoms with Gasteiger partial charge in [-0.1, -0.05) is 235 Å². The molecule has 6 heteroatoms. The van der Waals surface area contributed by atoms with Crippen molar-refractivity contribution in [3.8, 4) is 0 Å². The highest BCUT2D eigenvalue weighted by atomic mass is 16.6. The van der Waals surface area contributed by atoms with Crippen molar-refractivity contribution in [2.75, 3.05) is 13.2 Å². The summed E-state index contributed by atoms with van der Waals surface area (Å²) in [6, 6.07) is 0. The van der Waals surface area contributed by atoms with Gasteiger partial charge in [0, 0.05) is 19.3 Å². The molecule has 0 saturated carbocycles. The Labute approximate surface area is 465 Å². The summed E-state index contributed by atoms with van der Waals surface area (Å²) >= 11 is 0. The van der Waals surface area contributed by atoms with Gasteiger partial charge >= 0.3 is 17.9 Å². The molecule has 6 nitrogen and oxygen atoms in total. The molecule has 1 unspecified atom stereocenters. The topological polar surface area (TPSA) is 78.9 Å². The zero-order valence-corrected chi connectivity index (χ0v) is 48.2. The molecule has 0 radical (unpaired) electrons. The third-order valence-corrected chi connectivity index (χ3v) is 11.6. The molecule has 1 atom stereocenters. The molecule has 0 amide bonds. The average molecular weight is 1040 g/mol. The lowest BCUT2D eigenvalue weighted by atomic mass is 10.1. The minimum Gasteiger partial charge on any atom is -0.462 e. The van der Waals surface area contributed by atoms with Crippen LogP contribution in [0.5, 0.6) is 0 Å². The highest BCUT2D eigenvalue weighted by molar-refractivity contribution is 5.71. The quantitative estimate of drug-likeness (QED) is 0.0261.